The summed E-state index contributed by atoms with van der Waals surface area (Å²) < 4.78 is 42.0. The fraction of sp³-hybridized carbons (Fsp3) is 0.350. The minimum atomic E-state index is -0.677. The molecular formula is C40H46O9. The van der Waals surface area contributed by atoms with E-state index in [1.165, 1.54) is 0 Å². The molecule has 4 aromatic rings. The number of rotatable bonds is 22. The summed E-state index contributed by atoms with van der Waals surface area (Å²) in [7, 11) is 0. The van der Waals surface area contributed by atoms with Crippen LogP contribution < -0.4 is 14.2 Å². The Labute approximate surface area is 288 Å². The molecule has 0 aliphatic rings. The van der Waals surface area contributed by atoms with E-state index in [4.69, 9.17) is 33.2 Å². The van der Waals surface area contributed by atoms with Crippen LogP contribution in [-0.4, -0.2) is 63.8 Å². The molecule has 0 saturated heterocycles. The quantitative estimate of drug-likeness (QED) is 0.0353. The van der Waals surface area contributed by atoms with Gasteiger partial charge in [0.1, 0.15) is 36.2 Å². The average molecular weight is 671 g/mol. The number of carbonyl (C=O) groups excluding carboxylic acids is 2. The molecule has 260 valence electrons. The lowest BCUT2D eigenvalue weighted by Gasteiger charge is -2.23. The van der Waals surface area contributed by atoms with Crippen molar-refractivity contribution in [3.05, 3.63) is 98.1 Å². The number of esters is 2. The Bertz CT molecular complexity index is 1670. The van der Waals surface area contributed by atoms with E-state index in [-0.39, 0.29) is 26.4 Å². The Morgan fingerprint density at radius 1 is 0.612 bits per heavy atom. The molecule has 0 bridgehead atoms. The Balaban J connectivity index is 1.74. The summed E-state index contributed by atoms with van der Waals surface area (Å²) in [5.74, 6) is 1.29. The zero-order valence-corrected chi connectivity index (χ0v) is 28.4. The topological polar surface area (TPSA) is 98.8 Å². The molecule has 0 spiro atoms. The number of carbonyl (C=O) groups is 2. The molecule has 4 rings (SSSR count). The van der Waals surface area contributed by atoms with Gasteiger partial charge in [-0.25, -0.2) is 9.59 Å². The molecule has 0 saturated carbocycles. The van der Waals surface area contributed by atoms with Gasteiger partial charge < -0.3 is 33.2 Å². The number of hydrogen-bond acceptors (Lipinski definition) is 9. The highest BCUT2D eigenvalue weighted by Crippen LogP contribution is 2.44. The number of unbranched alkanes of at least 4 members (excludes halogenated alkanes) is 2. The standard InChI is InChI=1S/C40H46O9/c1-5-9-22-43-25-31(48-37(41)7-3)27-45-39-33-18-14-15-19-34(33)40(46-28-32(49-38(42)8-4)26-44-23-10-6-2)36-24-30(20-21-35(36)39)47-29-16-12-11-13-17-29/h7-8,11-21,24,31-32H,3-6,9-10,22-23,25-28H2,1-2H3. The van der Waals surface area contributed by atoms with Crippen LogP contribution in [0.4, 0.5) is 0 Å². The van der Waals surface area contributed by atoms with Gasteiger partial charge in [-0.15, -0.1) is 0 Å². The van der Waals surface area contributed by atoms with Gasteiger partial charge in [0.15, 0.2) is 12.2 Å². The molecule has 0 aliphatic carbocycles. The van der Waals surface area contributed by atoms with E-state index in [0.29, 0.717) is 41.6 Å². The SMILES string of the molecule is C=CC(=O)OC(COCCCC)COc1c2ccccc2c(OCC(COCCCC)OC(=O)C=C)c2cc(Oc3ccccc3)ccc12. The fourth-order valence-electron chi connectivity index (χ4n) is 5.01. The van der Waals surface area contributed by atoms with Crippen LogP contribution in [0.25, 0.3) is 21.5 Å². The second-order valence-corrected chi connectivity index (χ2v) is 11.3. The first-order valence-corrected chi connectivity index (χ1v) is 16.8. The summed E-state index contributed by atoms with van der Waals surface area (Å²) in [4.78, 5) is 24.4. The third-order valence-electron chi connectivity index (χ3n) is 7.49. The first-order valence-electron chi connectivity index (χ1n) is 16.8. The number of hydrogen-bond donors (Lipinski definition) is 0. The summed E-state index contributed by atoms with van der Waals surface area (Å²) in [6.07, 6.45) is 4.66. The monoisotopic (exact) mass is 670 g/mol. The Morgan fingerprint density at radius 2 is 1.10 bits per heavy atom. The zero-order chi connectivity index (χ0) is 34.8. The van der Waals surface area contributed by atoms with Crippen molar-refractivity contribution < 1.29 is 42.7 Å². The average Bonchev–Trinajstić information content (AvgIpc) is 3.13. The van der Waals surface area contributed by atoms with E-state index in [2.05, 4.69) is 27.0 Å². The highest BCUT2D eigenvalue weighted by molar-refractivity contribution is 6.11. The van der Waals surface area contributed by atoms with Crippen LogP contribution in [-0.2, 0) is 28.5 Å². The van der Waals surface area contributed by atoms with Crippen LogP contribution in [0.3, 0.4) is 0 Å². The third kappa shape index (κ3) is 11.1. The van der Waals surface area contributed by atoms with Crippen molar-refractivity contribution in [3.63, 3.8) is 0 Å². The summed E-state index contributed by atoms with van der Waals surface area (Å²) in [5, 5.41) is 3.00. The van der Waals surface area contributed by atoms with Crippen molar-refractivity contribution in [2.24, 2.45) is 0 Å². The fourth-order valence-corrected chi connectivity index (χ4v) is 5.01. The largest absolute Gasteiger partial charge is 0.488 e. The molecule has 49 heavy (non-hydrogen) atoms. The van der Waals surface area contributed by atoms with Crippen molar-refractivity contribution in [2.75, 3.05) is 39.6 Å². The highest BCUT2D eigenvalue weighted by Gasteiger charge is 2.22. The molecule has 0 fully saturated rings. The Morgan fingerprint density at radius 3 is 1.61 bits per heavy atom. The molecule has 2 atom stereocenters. The lowest BCUT2D eigenvalue weighted by Crippen LogP contribution is -2.30. The summed E-state index contributed by atoms with van der Waals surface area (Å²) in [5.41, 5.74) is 0. The van der Waals surface area contributed by atoms with Crippen LogP contribution in [0, 0.1) is 0 Å². The highest BCUT2D eigenvalue weighted by atomic mass is 16.6. The van der Waals surface area contributed by atoms with Gasteiger partial charge in [-0.2, -0.15) is 0 Å². The molecule has 2 unspecified atom stereocenters. The van der Waals surface area contributed by atoms with Crippen molar-refractivity contribution in [3.8, 4) is 23.0 Å². The molecule has 0 N–H and O–H groups in total. The van der Waals surface area contributed by atoms with Gasteiger partial charge in [-0.1, -0.05) is 82.3 Å². The number of ether oxygens (including phenoxy) is 7. The normalized spacial score (nSPS) is 12.2. The first kappa shape index (κ1) is 37.0. The molecule has 9 nitrogen and oxygen atoms in total. The van der Waals surface area contributed by atoms with Gasteiger partial charge in [0.2, 0.25) is 0 Å². The maximum atomic E-state index is 12.2. The van der Waals surface area contributed by atoms with Crippen LogP contribution in [0.1, 0.15) is 39.5 Å². The van der Waals surface area contributed by atoms with E-state index in [1.54, 1.807) is 0 Å². The van der Waals surface area contributed by atoms with Crippen molar-refractivity contribution >= 4 is 33.5 Å². The smallest absolute Gasteiger partial charge is 0.330 e. The zero-order valence-electron chi connectivity index (χ0n) is 28.4. The van der Waals surface area contributed by atoms with Crippen LogP contribution in [0.2, 0.25) is 0 Å². The van der Waals surface area contributed by atoms with Crippen LogP contribution in [0.15, 0.2) is 98.1 Å². The minimum Gasteiger partial charge on any atom is -0.488 e. The lowest BCUT2D eigenvalue weighted by atomic mass is 10.00. The van der Waals surface area contributed by atoms with E-state index in [1.807, 2.05) is 72.8 Å². The molecule has 0 radical (unpaired) electrons. The lowest BCUT2D eigenvalue weighted by molar-refractivity contribution is -0.148. The predicted molar refractivity (Wildman–Crippen MR) is 191 cm³/mol. The van der Waals surface area contributed by atoms with Gasteiger partial charge in [0.25, 0.3) is 0 Å². The Hall–Kier alpha value is -4.86. The molecule has 0 heterocycles. The van der Waals surface area contributed by atoms with Gasteiger partial charge >= 0.3 is 11.9 Å². The molecule has 9 heteroatoms. The second kappa shape index (κ2) is 19.8. The van der Waals surface area contributed by atoms with E-state index in [0.717, 1.165) is 54.0 Å². The van der Waals surface area contributed by atoms with E-state index in [9.17, 15) is 9.59 Å². The van der Waals surface area contributed by atoms with Crippen molar-refractivity contribution in [1.29, 1.82) is 0 Å². The van der Waals surface area contributed by atoms with Gasteiger partial charge in [-0.05, 0) is 43.2 Å². The summed E-state index contributed by atoms with van der Waals surface area (Å²) in [6, 6.07) is 22.8. The first-order chi connectivity index (χ1) is 24.0. The van der Waals surface area contributed by atoms with Crippen LogP contribution in [0.5, 0.6) is 23.0 Å². The molecule has 0 aromatic heterocycles. The van der Waals surface area contributed by atoms with Gasteiger partial charge in [-0.3, -0.25) is 0 Å². The molecule has 4 aromatic carbocycles. The predicted octanol–water partition coefficient (Wildman–Crippen LogP) is 8.37. The van der Waals surface area contributed by atoms with Crippen molar-refractivity contribution in [1.82, 2.24) is 0 Å². The second-order valence-electron chi connectivity index (χ2n) is 11.3. The Kier molecular flexibility index (Phi) is 15.0. The van der Waals surface area contributed by atoms with E-state index < -0.39 is 24.1 Å². The summed E-state index contributed by atoms with van der Waals surface area (Å²) >= 11 is 0. The minimum absolute atomic E-state index is 0.0312. The third-order valence-corrected chi connectivity index (χ3v) is 7.49. The van der Waals surface area contributed by atoms with Crippen molar-refractivity contribution in [2.45, 2.75) is 51.7 Å². The van der Waals surface area contributed by atoms with Gasteiger partial charge in [0.05, 0.1) is 13.2 Å². The van der Waals surface area contributed by atoms with E-state index >= 15 is 0 Å². The van der Waals surface area contributed by atoms with Gasteiger partial charge in [0, 0.05) is 46.9 Å². The number of fused-ring (bicyclic) bond motifs is 2. The number of para-hydroxylation sites is 1. The molecule has 0 amide bonds. The number of benzene rings is 4. The summed E-state index contributed by atoms with van der Waals surface area (Å²) in [6.45, 7) is 12.7. The maximum Gasteiger partial charge on any atom is 0.330 e. The van der Waals surface area contributed by atoms with Crippen LogP contribution >= 0.6 is 0 Å². The molecule has 0 aliphatic heterocycles. The molecular weight excluding hydrogens is 624 g/mol. The maximum absolute atomic E-state index is 12.2.